The molecule has 0 saturated carbocycles. The lowest BCUT2D eigenvalue weighted by Crippen LogP contribution is -2.35. The first-order valence-electron chi connectivity index (χ1n) is 4.45. The van der Waals surface area contributed by atoms with Crippen molar-refractivity contribution in [3.63, 3.8) is 0 Å². The molecule has 72 valence electrons. The van der Waals surface area contributed by atoms with E-state index < -0.39 is 11.7 Å². The molecule has 0 bridgehead atoms. The van der Waals surface area contributed by atoms with E-state index in [1.165, 1.54) is 11.1 Å². The lowest BCUT2D eigenvalue weighted by molar-refractivity contribution is -0.114. The average Bonchev–Trinajstić information content (AvgIpc) is 2.41. The van der Waals surface area contributed by atoms with E-state index in [0.717, 1.165) is 0 Å². The Morgan fingerprint density at radius 3 is 2.71 bits per heavy atom. The lowest BCUT2D eigenvalue weighted by Gasteiger charge is -2.20. The second-order valence-electron chi connectivity index (χ2n) is 3.49. The van der Waals surface area contributed by atoms with Crippen LogP contribution in [0, 0.1) is 0 Å². The van der Waals surface area contributed by atoms with E-state index in [-0.39, 0.29) is 6.04 Å². The smallest absolute Gasteiger partial charge is 0.299 e. The van der Waals surface area contributed by atoms with Crippen LogP contribution in [0.3, 0.4) is 0 Å². The highest BCUT2D eigenvalue weighted by atomic mass is 16.2. The minimum absolute atomic E-state index is 0.00454. The Hall–Kier alpha value is -1.71. The summed E-state index contributed by atoms with van der Waals surface area (Å²) in [6, 6.07) is 1.69. The Morgan fingerprint density at radius 1 is 1.36 bits per heavy atom. The minimum Gasteiger partial charge on any atom is -0.302 e. The molecule has 0 saturated heterocycles. The molecule has 2 heterocycles. The molecular formula is C10H10N2O2. The highest BCUT2D eigenvalue weighted by Crippen LogP contribution is 2.29. The molecule has 0 N–H and O–H groups in total. The summed E-state index contributed by atoms with van der Waals surface area (Å²) < 4.78 is 0. The summed E-state index contributed by atoms with van der Waals surface area (Å²) in [5, 5.41) is 0. The van der Waals surface area contributed by atoms with Crippen molar-refractivity contribution >= 4 is 17.4 Å². The van der Waals surface area contributed by atoms with Crippen molar-refractivity contribution in [2.75, 3.05) is 4.90 Å². The topological polar surface area (TPSA) is 50.3 Å². The third-order valence-electron chi connectivity index (χ3n) is 2.23. The molecule has 0 fully saturated rings. The number of amides is 1. The normalized spacial score (nSPS) is 15.2. The van der Waals surface area contributed by atoms with Crippen molar-refractivity contribution in [1.82, 2.24) is 4.98 Å². The predicted molar refractivity (Wildman–Crippen MR) is 51.2 cm³/mol. The first-order chi connectivity index (χ1) is 6.63. The van der Waals surface area contributed by atoms with Gasteiger partial charge in [-0.3, -0.25) is 14.6 Å². The molecule has 0 unspecified atom stereocenters. The summed E-state index contributed by atoms with van der Waals surface area (Å²) in [7, 11) is 0. The SMILES string of the molecule is CC(C)N1C(=O)C(=O)c2cnccc21. The second-order valence-corrected chi connectivity index (χ2v) is 3.49. The van der Waals surface area contributed by atoms with Gasteiger partial charge in [0.2, 0.25) is 0 Å². The number of ketones is 1. The zero-order valence-electron chi connectivity index (χ0n) is 8.02. The van der Waals surface area contributed by atoms with Crippen LogP contribution in [0.25, 0.3) is 0 Å². The number of carbonyl (C=O) groups excluding carboxylic acids is 2. The van der Waals surface area contributed by atoms with Gasteiger partial charge in [0.25, 0.3) is 11.7 Å². The van der Waals surface area contributed by atoms with Crippen LogP contribution in [0.4, 0.5) is 5.69 Å². The molecule has 0 aromatic carbocycles. The fourth-order valence-corrected chi connectivity index (χ4v) is 1.62. The predicted octanol–water partition coefficient (Wildman–Crippen LogP) is 1.02. The van der Waals surface area contributed by atoms with Crippen LogP contribution >= 0.6 is 0 Å². The van der Waals surface area contributed by atoms with E-state index in [0.29, 0.717) is 11.3 Å². The Bertz CT molecular complexity index is 412. The molecule has 1 aromatic heterocycles. The van der Waals surface area contributed by atoms with E-state index in [1.54, 1.807) is 12.3 Å². The first kappa shape index (κ1) is 8.87. The summed E-state index contributed by atoms with van der Waals surface area (Å²) >= 11 is 0. The number of nitrogens with zero attached hydrogens (tertiary/aromatic N) is 2. The number of rotatable bonds is 1. The molecule has 14 heavy (non-hydrogen) atoms. The van der Waals surface area contributed by atoms with Gasteiger partial charge in [-0.05, 0) is 19.9 Å². The van der Waals surface area contributed by atoms with Gasteiger partial charge < -0.3 is 4.90 Å². The molecule has 0 aliphatic carbocycles. The molecule has 1 aliphatic heterocycles. The van der Waals surface area contributed by atoms with Crippen LogP contribution < -0.4 is 4.90 Å². The largest absolute Gasteiger partial charge is 0.302 e. The van der Waals surface area contributed by atoms with Crippen LogP contribution in [-0.4, -0.2) is 22.7 Å². The van der Waals surface area contributed by atoms with Crippen molar-refractivity contribution in [1.29, 1.82) is 0 Å². The van der Waals surface area contributed by atoms with Gasteiger partial charge in [-0.1, -0.05) is 0 Å². The van der Waals surface area contributed by atoms with Gasteiger partial charge in [-0.25, -0.2) is 0 Å². The summed E-state index contributed by atoms with van der Waals surface area (Å²) in [6.07, 6.45) is 3.03. The van der Waals surface area contributed by atoms with Crippen molar-refractivity contribution in [3.05, 3.63) is 24.0 Å². The second kappa shape index (κ2) is 2.90. The maximum Gasteiger partial charge on any atom is 0.299 e. The maximum atomic E-state index is 11.6. The summed E-state index contributed by atoms with van der Waals surface area (Å²) in [5.41, 5.74) is 1.08. The Balaban J connectivity index is 2.59. The van der Waals surface area contributed by atoms with Gasteiger partial charge >= 0.3 is 0 Å². The van der Waals surface area contributed by atoms with E-state index in [1.807, 2.05) is 13.8 Å². The summed E-state index contributed by atoms with van der Waals surface area (Å²) in [6.45, 7) is 3.75. The van der Waals surface area contributed by atoms with Crippen molar-refractivity contribution < 1.29 is 9.59 Å². The third kappa shape index (κ3) is 1.04. The number of carbonyl (C=O) groups is 2. The average molecular weight is 190 g/mol. The zero-order valence-corrected chi connectivity index (χ0v) is 8.02. The highest BCUT2D eigenvalue weighted by molar-refractivity contribution is 6.52. The standard InChI is InChI=1S/C10H10N2O2/c1-6(2)12-8-3-4-11-5-7(8)9(13)10(12)14/h3-6H,1-2H3. The molecule has 4 nitrogen and oxygen atoms in total. The van der Waals surface area contributed by atoms with Gasteiger partial charge in [0.05, 0.1) is 11.3 Å². The molecule has 1 amide bonds. The summed E-state index contributed by atoms with van der Waals surface area (Å²) in [5.74, 6) is -0.912. The lowest BCUT2D eigenvalue weighted by atomic mass is 10.2. The number of hydrogen-bond donors (Lipinski definition) is 0. The highest BCUT2D eigenvalue weighted by Gasteiger charge is 2.37. The van der Waals surface area contributed by atoms with Gasteiger partial charge in [0.1, 0.15) is 0 Å². The number of pyridine rings is 1. The van der Waals surface area contributed by atoms with Crippen LogP contribution in [0.2, 0.25) is 0 Å². The number of hydrogen-bond acceptors (Lipinski definition) is 3. The van der Waals surface area contributed by atoms with Crippen molar-refractivity contribution in [3.8, 4) is 0 Å². The molecule has 0 atom stereocenters. The third-order valence-corrected chi connectivity index (χ3v) is 2.23. The fourth-order valence-electron chi connectivity index (χ4n) is 1.62. The van der Waals surface area contributed by atoms with E-state index in [2.05, 4.69) is 4.98 Å². The van der Waals surface area contributed by atoms with Crippen molar-refractivity contribution in [2.24, 2.45) is 0 Å². The van der Waals surface area contributed by atoms with Crippen molar-refractivity contribution in [2.45, 2.75) is 19.9 Å². The zero-order chi connectivity index (χ0) is 10.3. The van der Waals surface area contributed by atoms with Crippen LogP contribution in [0.15, 0.2) is 18.5 Å². The number of fused-ring (bicyclic) bond motifs is 1. The van der Waals surface area contributed by atoms with E-state index >= 15 is 0 Å². The van der Waals surface area contributed by atoms with Crippen LogP contribution in [0.1, 0.15) is 24.2 Å². The summed E-state index contributed by atoms with van der Waals surface area (Å²) in [4.78, 5) is 28.4. The Morgan fingerprint density at radius 2 is 2.07 bits per heavy atom. The monoisotopic (exact) mass is 190 g/mol. The van der Waals surface area contributed by atoms with Gasteiger partial charge in [0, 0.05) is 18.4 Å². The maximum absolute atomic E-state index is 11.6. The van der Waals surface area contributed by atoms with Crippen LogP contribution in [0.5, 0.6) is 0 Å². The Labute approximate surface area is 81.6 Å². The fraction of sp³-hybridized carbons (Fsp3) is 0.300. The molecule has 4 heteroatoms. The minimum atomic E-state index is -0.457. The van der Waals surface area contributed by atoms with Gasteiger partial charge in [-0.2, -0.15) is 0 Å². The first-order valence-corrected chi connectivity index (χ1v) is 4.45. The Kier molecular flexibility index (Phi) is 1.84. The molecule has 0 spiro atoms. The molecular weight excluding hydrogens is 180 g/mol. The quantitative estimate of drug-likeness (QED) is 0.621. The van der Waals surface area contributed by atoms with Gasteiger partial charge in [0.15, 0.2) is 0 Å². The van der Waals surface area contributed by atoms with Gasteiger partial charge in [-0.15, -0.1) is 0 Å². The molecule has 2 rings (SSSR count). The van der Waals surface area contributed by atoms with E-state index in [9.17, 15) is 9.59 Å². The molecule has 1 aliphatic rings. The van der Waals surface area contributed by atoms with E-state index in [4.69, 9.17) is 0 Å². The number of aromatic nitrogens is 1. The molecule has 1 aromatic rings. The number of anilines is 1. The molecule has 0 radical (unpaired) electrons. The number of Topliss-reactive ketones (excluding diaryl/α,β-unsaturated/α-hetero) is 1. The van der Waals surface area contributed by atoms with Crippen LogP contribution in [-0.2, 0) is 4.79 Å².